The lowest BCUT2D eigenvalue weighted by Crippen LogP contribution is -2.14. The molecule has 1 heterocycles. The smallest absolute Gasteiger partial charge is 0.290 e. The number of benzene rings is 1. The van der Waals surface area contributed by atoms with Gasteiger partial charge in [-0.3, -0.25) is 4.79 Å². The highest BCUT2D eigenvalue weighted by molar-refractivity contribution is 5.60. The van der Waals surface area contributed by atoms with E-state index in [-0.39, 0.29) is 11.4 Å². The standard InChI is InChI=1S/C12H13N3O/c1-7-3-8(2)5-9(4-7)10-6-14-11(13)12(16)15-10/h3-6H,1-2H3,(H2,13,14)(H,15,16). The summed E-state index contributed by atoms with van der Waals surface area (Å²) in [5.41, 5.74) is 8.95. The number of nitrogen functional groups attached to an aromatic ring is 1. The van der Waals surface area contributed by atoms with Gasteiger partial charge in [0.2, 0.25) is 0 Å². The minimum atomic E-state index is -0.350. The van der Waals surface area contributed by atoms with Crippen LogP contribution in [0.5, 0.6) is 0 Å². The Labute approximate surface area is 93.2 Å². The molecule has 0 saturated heterocycles. The van der Waals surface area contributed by atoms with Crippen molar-refractivity contribution in [1.82, 2.24) is 9.97 Å². The van der Waals surface area contributed by atoms with Crippen LogP contribution in [-0.4, -0.2) is 9.97 Å². The quantitative estimate of drug-likeness (QED) is 0.759. The van der Waals surface area contributed by atoms with E-state index in [1.165, 1.54) is 0 Å². The Balaban J connectivity index is 2.58. The summed E-state index contributed by atoms with van der Waals surface area (Å²) in [7, 11) is 0. The number of hydrogen-bond donors (Lipinski definition) is 2. The van der Waals surface area contributed by atoms with E-state index < -0.39 is 0 Å². The molecule has 1 aromatic heterocycles. The molecule has 2 rings (SSSR count). The van der Waals surface area contributed by atoms with Gasteiger partial charge >= 0.3 is 0 Å². The highest BCUT2D eigenvalue weighted by Gasteiger charge is 2.03. The van der Waals surface area contributed by atoms with E-state index in [1.54, 1.807) is 6.20 Å². The fraction of sp³-hybridized carbons (Fsp3) is 0.167. The highest BCUT2D eigenvalue weighted by atomic mass is 16.1. The second-order valence-electron chi connectivity index (χ2n) is 3.89. The van der Waals surface area contributed by atoms with Crippen molar-refractivity contribution in [3.05, 3.63) is 45.9 Å². The van der Waals surface area contributed by atoms with Gasteiger partial charge in [0.05, 0.1) is 11.9 Å². The van der Waals surface area contributed by atoms with Gasteiger partial charge in [0.1, 0.15) is 0 Å². The molecule has 0 aliphatic heterocycles. The van der Waals surface area contributed by atoms with Crippen LogP contribution >= 0.6 is 0 Å². The molecular formula is C12H13N3O. The number of rotatable bonds is 1. The van der Waals surface area contributed by atoms with E-state index in [2.05, 4.69) is 16.0 Å². The van der Waals surface area contributed by atoms with Crippen LogP contribution in [0.4, 0.5) is 5.82 Å². The van der Waals surface area contributed by atoms with Gasteiger partial charge in [-0.05, 0) is 26.0 Å². The van der Waals surface area contributed by atoms with Crippen molar-refractivity contribution in [3.8, 4) is 11.3 Å². The molecule has 4 heteroatoms. The molecule has 0 bridgehead atoms. The zero-order valence-corrected chi connectivity index (χ0v) is 9.24. The maximum Gasteiger partial charge on any atom is 0.290 e. The number of aryl methyl sites for hydroxylation is 2. The van der Waals surface area contributed by atoms with Crippen molar-refractivity contribution >= 4 is 5.82 Å². The summed E-state index contributed by atoms with van der Waals surface area (Å²) in [6.45, 7) is 4.03. The first-order chi connectivity index (χ1) is 7.56. The molecule has 82 valence electrons. The number of aromatic nitrogens is 2. The van der Waals surface area contributed by atoms with Crippen molar-refractivity contribution in [2.45, 2.75) is 13.8 Å². The van der Waals surface area contributed by atoms with E-state index >= 15 is 0 Å². The van der Waals surface area contributed by atoms with Crippen LogP contribution in [0.3, 0.4) is 0 Å². The Kier molecular flexibility index (Phi) is 2.48. The first-order valence-electron chi connectivity index (χ1n) is 5.00. The average Bonchev–Trinajstić information content (AvgIpc) is 2.20. The molecule has 0 aliphatic rings. The normalized spacial score (nSPS) is 10.4. The fourth-order valence-corrected chi connectivity index (χ4v) is 1.69. The van der Waals surface area contributed by atoms with E-state index in [9.17, 15) is 4.79 Å². The summed E-state index contributed by atoms with van der Waals surface area (Å²) in [4.78, 5) is 17.9. The monoisotopic (exact) mass is 215 g/mol. The van der Waals surface area contributed by atoms with Crippen molar-refractivity contribution < 1.29 is 0 Å². The van der Waals surface area contributed by atoms with Crippen LogP contribution in [0, 0.1) is 13.8 Å². The molecule has 4 nitrogen and oxygen atoms in total. The molecule has 0 spiro atoms. The maximum atomic E-state index is 11.3. The fourth-order valence-electron chi connectivity index (χ4n) is 1.69. The van der Waals surface area contributed by atoms with Gasteiger partial charge in [-0.2, -0.15) is 0 Å². The second kappa shape index (κ2) is 3.81. The lowest BCUT2D eigenvalue weighted by Gasteiger charge is -2.04. The molecule has 2 aromatic rings. The van der Waals surface area contributed by atoms with Crippen LogP contribution in [0.25, 0.3) is 11.3 Å². The lowest BCUT2D eigenvalue weighted by molar-refractivity contribution is 1.15. The molecule has 0 radical (unpaired) electrons. The first-order valence-corrected chi connectivity index (χ1v) is 5.00. The average molecular weight is 215 g/mol. The van der Waals surface area contributed by atoms with Crippen molar-refractivity contribution in [3.63, 3.8) is 0 Å². The number of nitrogens with zero attached hydrogens (tertiary/aromatic N) is 1. The van der Waals surface area contributed by atoms with Crippen molar-refractivity contribution in [1.29, 1.82) is 0 Å². The molecule has 0 fully saturated rings. The van der Waals surface area contributed by atoms with Gasteiger partial charge in [0.25, 0.3) is 5.56 Å². The third-order valence-electron chi connectivity index (χ3n) is 2.35. The molecule has 0 amide bonds. The van der Waals surface area contributed by atoms with E-state index in [1.807, 2.05) is 26.0 Å². The van der Waals surface area contributed by atoms with Crippen LogP contribution in [0.15, 0.2) is 29.2 Å². The molecule has 0 atom stereocenters. The van der Waals surface area contributed by atoms with Gasteiger partial charge in [-0.25, -0.2) is 4.98 Å². The largest absolute Gasteiger partial charge is 0.379 e. The van der Waals surface area contributed by atoms with Gasteiger partial charge in [0.15, 0.2) is 5.82 Å². The first kappa shape index (κ1) is 10.4. The Morgan fingerprint density at radius 3 is 2.38 bits per heavy atom. The Morgan fingerprint density at radius 2 is 1.81 bits per heavy atom. The van der Waals surface area contributed by atoms with E-state index in [4.69, 9.17) is 5.73 Å². The lowest BCUT2D eigenvalue weighted by atomic mass is 10.1. The number of H-pyrrole nitrogens is 1. The van der Waals surface area contributed by atoms with Crippen LogP contribution in [0.2, 0.25) is 0 Å². The summed E-state index contributed by atoms with van der Waals surface area (Å²) in [6.07, 6.45) is 1.57. The molecule has 3 N–H and O–H groups in total. The summed E-state index contributed by atoms with van der Waals surface area (Å²) < 4.78 is 0. The minimum absolute atomic E-state index is 0.00637. The summed E-state index contributed by atoms with van der Waals surface area (Å²) in [5.74, 6) is -0.00637. The van der Waals surface area contributed by atoms with Crippen LogP contribution < -0.4 is 11.3 Å². The molecule has 1 aromatic carbocycles. The van der Waals surface area contributed by atoms with E-state index in [0.29, 0.717) is 5.69 Å². The van der Waals surface area contributed by atoms with Crippen molar-refractivity contribution in [2.75, 3.05) is 5.73 Å². The summed E-state index contributed by atoms with van der Waals surface area (Å²) >= 11 is 0. The molecular weight excluding hydrogens is 202 g/mol. The predicted octanol–water partition coefficient (Wildman–Crippen LogP) is 1.64. The zero-order chi connectivity index (χ0) is 11.7. The third-order valence-corrected chi connectivity index (χ3v) is 2.35. The molecule has 0 unspecified atom stereocenters. The summed E-state index contributed by atoms with van der Waals surface area (Å²) in [6, 6.07) is 6.07. The number of nitrogens with one attached hydrogen (secondary N) is 1. The number of nitrogens with two attached hydrogens (primary N) is 1. The number of aromatic amines is 1. The number of hydrogen-bond acceptors (Lipinski definition) is 3. The Bertz CT molecular complexity index is 567. The molecule has 16 heavy (non-hydrogen) atoms. The van der Waals surface area contributed by atoms with E-state index in [0.717, 1.165) is 16.7 Å². The zero-order valence-electron chi connectivity index (χ0n) is 9.24. The molecule has 0 saturated carbocycles. The Morgan fingerprint density at radius 1 is 1.19 bits per heavy atom. The van der Waals surface area contributed by atoms with Crippen molar-refractivity contribution in [2.24, 2.45) is 0 Å². The predicted molar refractivity (Wildman–Crippen MR) is 64.2 cm³/mol. The highest BCUT2D eigenvalue weighted by Crippen LogP contribution is 2.18. The van der Waals surface area contributed by atoms with Gasteiger partial charge < -0.3 is 10.7 Å². The third kappa shape index (κ3) is 1.95. The Hall–Kier alpha value is -2.10. The number of anilines is 1. The van der Waals surface area contributed by atoms with Gasteiger partial charge in [-0.15, -0.1) is 0 Å². The van der Waals surface area contributed by atoms with Crippen LogP contribution in [0.1, 0.15) is 11.1 Å². The molecule has 0 aliphatic carbocycles. The second-order valence-corrected chi connectivity index (χ2v) is 3.89. The maximum absolute atomic E-state index is 11.3. The topological polar surface area (TPSA) is 71.8 Å². The van der Waals surface area contributed by atoms with Gasteiger partial charge in [-0.1, -0.05) is 17.2 Å². The van der Waals surface area contributed by atoms with Gasteiger partial charge in [0, 0.05) is 5.56 Å². The SMILES string of the molecule is Cc1cc(C)cc(-c2cnc(N)c(=O)[nH]2)c1. The minimum Gasteiger partial charge on any atom is -0.379 e. The van der Waals surface area contributed by atoms with Crippen LogP contribution in [-0.2, 0) is 0 Å². The summed E-state index contributed by atoms with van der Waals surface area (Å²) in [5, 5.41) is 0.